The van der Waals surface area contributed by atoms with Crippen molar-refractivity contribution in [3.63, 3.8) is 0 Å². The van der Waals surface area contributed by atoms with Crippen LogP contribution in [0.4, 0.5) is 11.4 Å². The number of carbonyl (C=O) groups is 1. The minimum atomic E-state index is -0.480. The molecule has 25 heavy (non-hydrogen) atoms. The summed E-state index contributed by atoms with van der Waals surface area (Å²) in [5.41, 5.74) is 0.389. The van der Waals surface area contributed by atoms with Gasteiger partial charge in [0.05, 0.1) is 18.1 Å². The smallest absolute Gasteiger partial charge is 0.293 e. The first-order valence-electron chi connectivity index (χ1n) is 8.48. The average molecular weight is 350 g/mol. The normalized spacial score (nSPS) is 15.6. The van der Waals surface area contributed by atoms with E-state index >= 15 is 0 Å². The van der Waals surface area contributed by atoms with E-state index in [4.69, 9.17) is 4.74 Å². The van der Waals surface area contributed by atoms with Crippen molar-refractivity contribution in [1.82, 2.24) is 10.2 Å². The molecule has 8 heteroatoms. The summed E-state index contributed by atoms with van der Waals surface area (Å²) in [4.78, 5) is 25.4. The summed E-state index contributed by atoms with van der Waals surface area (Å²) in [6, 6.07) is 4.49. The quantitative estimate of drug-likeness (QED) is 0.576. The summed E-state index contributed by atoms with van der Waals surface area (Å²) in [5, 5.41) is 17.0. The molecule has 1 aliphatic heterocycles. The number of hydrogen-bond donors (Lipinski definition) is 2. The number of morpholine rings is 1. The zero-order valence-corrected chi connectivity index (χ0v) is 15.0. The summed E-state index contributed by atoms with van der Waals surface area (Å²) in [7, 11) is 0. The lowest BCUT2D eigenvalue weighted by Crippen LogP contribution is -2.55. The molecule has 138 valence electrons. The van der Waals surface area contributed by atoms with E-state index in [0.29, 0.717) is 32.0 Å². The number of rotatable bonds is 7. The van der Waals surface area contributed by atoms with Gasteiger partial charge in [-0.1, -0.05) is 0 Å². The van der Waals surface area contributed by atoms with Gasteiger partial charge in [0.15, 0.2) is 0 Å². The van der Waals surface area contributed by atoms with E-state index in [-0.39, 0.29) is 22.7 Å². The van der Waals surface area contributed by atoms with Gasteiger partial charge in [0, 0.05) is 43.3 Å². The zero-order chi connectivity index (χ0) is 18.4. The predicted molar refractivity (Wildman–Crippen MR) is 96.1 cm³/mol. The molecule has 0 radical (unpaired) electrons. The minimum absolute atomic E-state index is 0.0954. The molecule has 1 aromatic carbocycles. The molecule has 0 spiro atoms. The van der Waals surface area contributed by atoms with E-state index in [1.165, 1.54) is 6.07 Å². The largest absolute Gasteiger partial charge is 0.380 e. The molecule has 1 fully saturated rings. The molecule has 1 saturated heterocycles. The Kier molecular flexibility index (Phi) is 6.33. The molecular weight excluding hydrogens is 324 g/mol. The van der Waals surface area contributed by atoms with Gasteiger partial charge >= 0.3 is 0 Å². The molecule has 2 N–H and O–H groups in total. The third kappa shape index (κ3) is 4.90. The first-order valence-corrected chi connectivity index (χ1v) is 8.48. The summed E-state index contributed by atoms with van der Waals surface area (Å²) in [6.07, 6.45) is 0. The number of anilines is 1. The Bertz CT molecular complexity index is 627. The summed E-state index contributed by atoms with van der Waals surface area (Å²) in [6.45, 7) is 10.0. The Balaban J connectivity index is 2.05. The van der Waals surface area contributed by atoms with Gasteiger partial charge < -0.3 is 15.4 Å². The molecule has 0 unspecified atom stereocenters. The molecule has 1 aliphatic rings. The molecule has 0 aromatic heterocycles. The number of carbonyl (C=O) groups excluding carboxylic acids is 1. The minimum Gasteiger partial charge on any atom is -0.380 e. The molecular formula is C17H26N4O4. The van der Waals surface area contributed by atoms with E-state index in [1.54, 1.807) is 12.1 Å². The predicted octanol–water partition coefficient (Wildman–Crippen LogP) is 1.87. The van der Waals surface area contributed by atoms with E-state index in [9.17, 15) is 14.9 Å². The number of ether oxygens (including phenoxy) is 1. The molecule has 0 atom stereocenters. The van der Waals surface area contributed by atoms with E-state index < -0.39 is 4.92 Å². The van der Waals surface area contributed by atoms with Crippen LogP contribution in [0.1, 0.15) is 31.1 Å². The van der Waals surface area contributed by atoms with Crippen molar-refractivity contribution in [3.8, 4) is 0 Å². The second-order valence-electron chi connectivity index (χ2n) is 6.61. The van der Waals surface area contributed by atoms with Crippen molar-refractivity contribution in [2.75, 3.05) is 44.7 Å². The molecule has 0 saturated carbocycles. The fourth-order valence-corrected chi connectivity index (χ4v) is 2.84. The van der Waals surface area contributed by atoms with Crippen LogP contribution in [-0.4, -0.2) is 60.7 Å². The van der Waals surface area contributed by atoms with Gasteiger partial charge in [0.1, 0.15) is 5.69 Å². The third-order valence-electron chi connectivity index (χ3n) is 4.37. The SMILES string of the molecule is CCNc1ccc(C(=O)NCC(C)(C)N2CCOCC2)cc1[N+](=O)[O-]. The molecule has 0 aliphatic carbocycles. The van der Waals surface area contributed by atoms with E-state index in [1.807, 2.05) is 6.92 Å². The van der Waals surface area contributed by atoms with Crippen molar-refractivity contribution < 1.29 is 14.5 Å². The summed E-state index contributed by atoms with van der Waals surface area (Å²) < 4.78 is 5.36. The van der Waals surface area contributed by atoms with Crippen LogP contribution in [0.5, 0.6) is 0 Å². The lowest BCUT2D eigenvalue weighted by molar-refractivity contribution is -0.384. The van der Waals surface area contributed by atoms with Crippen LogP contribution in [0.25, 0.3) is 0 Å². The lowest BCUT2D eigenvalue weighted by Gasteiger charge is -2.40. The van der Waals surface area contributed by atoms with Crippen molar-refractivity contribution >= 4 is 17.3 Å². The Hall–Kier alpha value is -2.19. The standard InChI is InChI=1S/C17H26N4O4/c1-4-18-14-6-5-13(11-15(14)21(23)24)16(22)19-12-17(2,3)20-7-9-25-10-8-20/h5-6,11,18H,4,7-10,12H2,1-3H3,(H,19,22). The average Bonchev–Trinajstić information content (AvgIpc) is 2.61. The van der Waals surface area contributed by atoms with Crippen LogP contribution in [0, 0.1) is 10.1 Å². The van der Waals surface area contributed by atoms with Crippen LogP contribution in [-0.2, 0) is 4.74 Å². The Morgan fingerprint density at radius 3 is 2.64 bits per heavy atom. The lowest BCUT2D eigenvalue weighted by atomic mass is 10.0. The van der Waals surface area contributed by atoms with Gasteiger partial charge in [-0.3, -0.25) is 19.8 Å². The number of nitrogens with one attached hydrogen (secondary N) is 2. The van der Waals surface area contributed by atoms with Crippen molar-refractivity contribution in [2.45, 2.75) is 26.3 Å². The van der Waals surface area contributed by atoms with Crippen molar-refractivity contribution in [1.29, 1.82) is 0 Å². The first kappa shape index (κ1) is 19.1. The molecule has 1 aromatic rings. The van der Waals surface area contributed by atoms with Crippen LogP contribution < -0.4 is 10.6 Å². The number of hydrogen-bond acceptors (Lipinski definition) is 6. The summed E-state index contributed by atoms with van der Waals surface area (Å²) in [5.74, 6) is -0.313. The van der Waals surface area contributed by atoms with Gasteiger partial charge in [-0.05, 0) is 32.9 Å². The van der Waals surface area contributed by atoms with Gasteiger partial charge in [0.25, 0.3) is 11.6 Å². The second kappa shape index (κ2) is 8.26. The van der Waals surface area contributed by atoms with Crippen LogP contribution >= 0.6 is 0 Å². The van der Waals surface area contributed by atoms with Crippen LogP contribution in [0.2, 0.25) is 0 Å². The highest BCUT2D eigenvalue weighted by Gasteiger charge is 2.29. The van der Waals surface area contributed by atoms with Gasteiger partial charge in [-0.2, -0.15) is 0 Å². The monoisotopic (exact) mass is 350 g/mol. The van der Waals surface area contributed by atoms with Gasteiger partial charge in [-0.15, -0.1) is 0 Å². The number of nitro groups is 1. The highest BCUT2D eigenvalue weighted by molar-refractivity contribution is 5.95. The first-order chi connectivity index (χ1) is 11.8. The van der Waals surface area contributed by atoms with Gasteiger partial charge in [0.2, 0.25) is 0 Å². The molecule has 2 rings (SSSR count). The van der Waals surface area contributed by atoms with Crippen LogP contribution in [0.15, 0.2) is 18.2 Å². The van der Waals surface area contributed by atoms with Gasteiger partial charge in [-0.25, -0.2) is 0 Å². The fraction of sp³-hybridized carbons (Fsp3) is 0.588. The molecule has 8 nitrogen and oxygen atoms in total. The topological polar surface area (TPSA) is 96.7 Å². The highest BCUT2D eigenvalue weighted by atomic mass is 16.6. The van der Waals surface area contributed by atoms with E-state index in [2.05, 4.69) is 29.4 Å². The number of nitro benzene ring substituents is 1. The zero-order valence-electron chi connectivity index (χ0n) is 15.0. The highest BCUT2D eigenvalue weighted by Crippen LogP contribution is 2.25. The Morgan fingerprint density at radius 2 is 2.04 bits per heavy atom. The number of benzene rings is 1. The molecule has 1 amide bonds. The molecule has 1 heterocycles. The molecule has 0 bridgehead atoms. The second-order valence-corrected chi connectivity index (χ2v) is 6.61. The Morgan fingerprint density at radius 1 is 1.36 bits per heavy atom. The maximum atomic E-state index is 12.4. The maximum absolute atomic E-state index is 12.4. The maximum Gasteiger partial charge on any atom is 0.293 e. The third-order valence-corrected chi connectivity index (χ3v) is 4.37. The summed E-state index contributed by atoms with van der Waals surface area (Å²) >= 11 is 0. The van der Waals surface area contributed by atoms with E-state index in [0.717, 1.165) is 13.1 Å². The number of nitrogens with zero attached hydrogens (tertiary/aromatic N) is 2. The van der Waals surface area contributed by atoms with Crippen LogP contribution in [0.3, 0.4) is 0 Å². The Labute approximate surface area is 147 Å². The van der Waals surface area contributed by atoms with Crippen molar-refractivity contribution in [3.05, 3.63) is 33.9 Å². The fourth-order valence-electron chi connectivity index (χ4n) is 2.84. The van der Waals surface area contributed by atoms with Crippen molar-refractivity contribution in [2.24, 2.45) is 0 Å². The number of amides is 1.